The van der Waals surface area contributed by atoms with Crippen LogP contribution in [0.5, 0.6) is 5.75 Å². The van der Waals surface area contributed by atoms with Crippen LogP contribution in [0.3, 0.4) is 0 Å². The summed E-state index contributed by atoms with van der Waals surface area (Å²) < 4.78 is 7.97. The third-order valence-electron chi connectivity index (χ3n) is 4.12. The number of rotatable bonds is 6. The molecule has 0 aliphatic heterocycles. The number of nitrogens with zero attached hydrogens (tertiary/aromatic N) is 4. The van der Waals surface area contributed by atoms with Crippen LogP contribution in [0, 0.1) is 6.92 Å². The van der Waals surface area contributed by atoms with Gasteiger partial charge in [-0.25, -0.2) is 4.98 Å². The van der Waals surface area contributed by atoms with Gasteiger partial charge in [0.1, 0.15) is 12.1 Å². The fraction of sp³-hybridized carbons (Fsp3) is 0.158. The summed E-state index contributed by atoms with van der Waals surface area (Å²) in [5, 5.41) is 12.7. The van der Waals surface area contributed by atoms with Gasteiger partial charge in [-0.2, -0.15) is 0 Å². The van der Waals surface area contributed by atoms with Gasteiger partial charge in [0.25, 0.3) is 0 Å². The van der Waals surface area contributed by atoms with Crippen LogP contribution in [0.4, 0.5) is 5.13 Å². The summed E-state index contributed by atoms with van der Waals surface area (Å²) in [7, 11) is 1.62. The number of hydrogen-bond donors (Lipinski definition) is 1. The first-order valence-corrected chi connectivity index (χ1v) is 10.8. The fourth-order valence-corrected chi connectivity index (χ4v) is 4.42. The molecule has 10 heteroatoms. The number of amides is 1. The molecule has 0 fully saturated rings. The predicted molar refractivity (Wildman–Crippen MR) is 117 cm³/mol. The van der Waals surface area contributed by atoms with Crippen LogP contribution in [-0.4, -0.2) is 38.5 Å². The van der Waals surface area contributed by atoms with Gasteiger partial charge in [-0.3, -0.25) is 9.36 Å². The summed E-state index contributed by atoms with van der Waals surface area (Å²) in [5.41, 5.74) is 2.65. The Morgan fingerprint density at radius 2 is 2.17 bits per heavy atom. The topological polar surface area (TPSA) is 81.9 Å². The summed E-state index contributed by atoms with van der Waals surface area (Å²) >= 11 is 8.91. The zero-order valence-corrected chi connectivity index (χ0v) is 17.9. The molecular weight excluding hydrogens is 430 g/mol. The molecule has 0 saturated heterocycles. The fourth-order valence-electron chi connectivity index (χ4n) is 2.60. The first-order valence-electron chi connectivity index (χ1n) is 8.57. The number of thioether (sulfide) groups is 1. The number of benzene rings is 2. The number of thiazole rings is 1. The quantitative estimate of drug-likeness (QED) is 0.437. The van der Waals surface area contributed by atoms with Gasteiger partial charge in [0.2, 0.25) is 5.91 Å². The van der Waals surface area contributed by atoms with E-state index in [1.165, 1.54) is 23.1 Å². The van der Waals surface area contributed by atoms with Crippen molar-refractivity contribution in [3.05, 3.63) is 53.3 Å². The molecule has 29 heavy (non-hydrogen) atoms. The van der Waals surface area contributed by atoms with E-state index in [0.717, 1.165) is 27.2 Å². The maximum atomic E-state index is 12.4. The van der Waals surface area contributed by atoms with Crippen LogP contribution in [0.2, 0.25) is 5.02 Å². The molecule has 1 amide bonds. The number of hydrogen-bond acceptors (Lipinski definition) is 7. The number of methoxy groups -OCH3 is 1. The van der Waals surface area contributed by atoms with Crippen molar-refractivity contribution in [1.82, 2.24) is 19.7 Å². The van der Waals surface area contributed by atoms with Gasteiger partial charge in [-0.15, -0.1) is 10.2 Å². The molecular formula is C19H16ClN5O2S2. The van der Waals surface area contributed by atoms with Gasteiger partial charge < -0.3 is 10.1 Å². The first kappa shape index (κ1) is 19.7. The van der Waals surface area contributed by atoms with E-state index in [-0.39, 0.29) is 11.7 Å². The number of aromatic nitrogens is 4. The number of halogens is 1. The Bertz CT molecular complexity index is 1190. The van der Waals surface area contributed by atoms with Crippen LogP contribution in [0.15, 0.2) is 47.9 Å². The number of fused-ring (bicyclic) bond motifs is 1. The van der Waals surface area contributed by atoms with Crippen molar-refractivity contribution < 1.29 is 9.53 Å². The maximum absolute atomic E-state index is 12.4. The molecule has 0 aliphatic rings. The Balaban J connectivity index is 1.43. The molecule has 1 N–H and O–H groups in total. The predicted octanol–water partition coefficient (Wildman–Crippen LogP) is 4.58. The highest BCUT2D eigenvalue weighted by atomic mass is 35.5. The van der Waals surface area contributed by atoms with Crippen molar-refractivity contribution in [2.45, 2.75) is 12.1 Å². The second kappa shape index (κ2) is 8.40. The van der Waals surface area contributed by atoms with Gasteiger partial charge in [0, 0.05) is 5.02 Å². The normalized spacial score (nSPS) is 11.0. The Morgan fingerprint density at radius 1 is 1.31 bits per heavy atom. The van der Waals surface area contributed by atoms with Gasteiger partial charge in [-0.05, 0) is 42.8 Å². The molecule has 0 atom stereocenters. The summed E-state index contributed by atoms with van der Waals surface area (Å²) in [6, 6.07) is 11.3. The Morgan fingerprint density at radius 3 is 2.97 bits per heavy atom. The van der Waals surface area contributed by atoms with Crippen molar-refractivity contribution in [2.24, 2.45) is 0 Å². The molecule has 0 saturated carbocycles. The molecule has 148 valence electrons. The van der Waals surface area contributed by atoms with Crippen molar-refractivity contribution in [3.8, 4) is 11.4 Å². The van der Waals surface area contributed by atoms with Gasteiger partial charge >= 0.3 is 0 Å². The molecule has 0 spiro atoms. The average Bonchev–Trinajstić information content (AvgIpc) is 3.34. The minimum atomic E-state index is -0.169. The van der Waals surface area contributed by atoms with E-state index >= 15 is 0 Å². The number of aryl methyl sites for hydroxylation is 1. The van der Waals surface area contributed by atoms with E-state index < -0.39 is 0 Å². The molecule has 0 bridgehead atoms. The summed E-state index contributed by atoms with van der Waals surface area (Å²) in [5.74, 6) is 0.764. The number of carbonyl (C=O) groups excluding carboxylic acids is 1. The Labute approximate surface area is 180 Å². The highest BCUT2D eigenvalue weighted by molar-refractivity contribution is 7.99. The van der Waals surface area contributed by atoms with Crippen LogP contribution < -0.4 is 10.1 Å². The maximum Gasteiger partial charge on any atom is 0.236 e. The standard InChI is InChI=1S/C19H16ClN5O2S2/c1-11-3-4-12(7-14(11)20)25-10-21-24-19(25)28-9-17(26)23-18-22-15-6-5-13(27-2)8-16(15)29-18/h3-8,10H,9H2,1-2H3,(H,22,23,26). The number of carbonyl (C=O) groups is 1. The molecule has 7 nitrogen and oxygen atoms in total. The van der Waals surface area contributed by atoms with Crippen LogP contribution in [0.1, 0.15) is 5.56 Å². The zero-order chi connectivity index (χ0) is 20.4. The highest BCUT2D eigenvalue weighted by Crippen LogP contribution is 2.29. The van der Waals surface area contributed by atoms with Crippen LogP contribution in [-0.2, 0) is 4.79 Å². The van der Waals surface area contributed by atoms with Crippen LogP contribution in [0.25, 0.3) is 15.9 Å². The number of ether oxygens (including phenoxy) is 1. The second-order valence-electron chi connectivity index (χ2n) is 6.11. The molecule has 2 aromatic heterocycles. The van der Waals surface area contributed by atoms with E-state index in [9.17, 15) is 4.79 Å². The molecule has 0 radical (unpaired) electrons. The summed E-state index contributed by atoms with van der Waals surface area (Å²) in [4.78, 5) is 16.8. The lowest BCUT2D eigenvalue weighted by atomic mass is 10.2. The summed E-state index contributed by atoms with van der Waals surface area (Å²) in [6.07, 6.45) is 1.60. The van der Waals surface area contributed by atoms with Gasteiger partial charge in [0.15, 0.2) is 10.3 Å². The van der Waals surface area contributed by atoms with Crippen molar-refractivity contribution in [1.29, 1.82) is 0 Å². The van der Waals surface area contributed by atoms with Gasteiger partial charge in [0.05, 0.1) is 28.8 Å². The van der Waals surface area contributed by atoms with Gasteiger partial charge in [-0.1, -0.05) is 40.8 Å². The minimum Gasteiger partial charge on any atom is -0.497 e. The second-order valence-corrected chi connectivity index (χ2v) is 8.49. The zero-order valence-electron chi connectivity index (χ0n) is 15.5. The average molecular weight is 446 g/mol. The van der Waals surface area contributed by atoms with Crippen LogP contribution >= 0.6 is 34.7 Å². The van der Waals surface area contributed by atoms with Crippen molar-refractivity contribution in [2.75, 3.05) is 18.2 Å². The molecule has 0 unspecified atom stereocenters. The minimum absolute atomic E-state index is 0.169. The van der Waals surface area contributed by atoms with E-state index in [1.807, 2.05) is 43.3 Å². The molecule has 4 aromatic rings. The SMILES string of the molecule is COc1ccc2nc(NC(=O)CSc3nncn3-c3ccc(C)c(Cl)c3)sc2c1. The largest absolute Gasteiger partial charge is 0.497 e. The number of nitrogens with one attached hydrogen (secondary N) is 1. The first-order chi connectivity index (χ1) is 14.0. The third-order valence-corrected chi connectivity index (χ3v) is 6.41. The lowest BCUT2D eigenvalue weighted by Gasteiger charge is -2.07. The van der Waals surface area contributed by atoms with Crippen molar-refractivity contribution in [3.63, 3.8) is 0 Å². The molecule has 4 rings (SSSR count). The van der Waals surface area contributed by atoms with E-state index in [1.54, 1.807) is 18.0 Å². The number of anilines is 1. The lowest BCUT2D eigenvalue weighted by molar-refractivity contribution is -0.113. The highest BCUT2D eigenvalue weighted by Gasteiger charge is 2.13. The monoisotopic (exact) mass is 445 g/mol. The molecule has 0 aliphatic carbocycles. The Hall–Kier alpha value is -2.62. The van der Waals surface area contributed by atoms with E-state index in [4.69, 9.17) is 16.3 Å². The summed E-state index contributed by atoms with van der Waals surface area (Å²) in [6.45, 7) is 1.94. The van der Waals surface area contributed by atoms with E-state index in [2.05, 4.69) is 20.5 Å². The van der Waals surface area contributed by atoms with E-state index in [0.29, 0.717) is 15.3 Å². The third kappa shape index (κ3) is 4.36. The lowest BCUT2D eigenvalue weighted by Crippen LogP contribution is -2.14. The molecule has 2 aromatic carbocycles. The van der Waals surface area contributed by atoms with Crippen molar-refractivity contribution >= 4 is 56.0 Å². The Kier molecular flexibility index (Phi) is 5.70. The smallest absolute Gasteiger partial charge is 0.236 e. The molecule has 2 heterocycles.